The number of hydrogen-bond acceptors (Lipinski definition) is 6. The van der Waals surface area contributed by atoms with E-state index in [-0.39, 0.29) is 23.9 Å². The quantitative estimate of drug-likeness (QED) is 0.466. The average Bonchev–Trinajstić information content (AvgIpc) is 3.26. The zero-order valence-electron chi connectivity index (χ0n) is 20.0. The second kappa shape index (κ2) is 12.2. The fraction of sp³-hybridized carbons (Fsp3) is 0.560. The van der Waals surface area contributed by atoms with Crippen LogP contribution in [0.3, 0.4) is 0 Å². The van der Waals surface area contributed by atoms with Gasteiger partial charge in [-0.2, -0.15) is 0 Å². The maximum atomic E-state index is 11.3. The SMILES string of the molecule is COCCCC(C)c1ncc(Cl)c(N2CCCC2COc2ccc([C@H](C)NC(C)=O)cc2)n1. The van der Waals surface area contributed by atoms with Gasteiger partial charge in [-0.25, -0.2) is 9.97 Å². The second-order valence-electron chi connectivity index (χ2n) is 8.73. The third kappa shape index (κ3) is 7.05. The van der Waals surface area contributed by atoms with Gasteiger partial charge < -0.3 is 19.7 Å². The van der Waals surface area contributed by atoms with Crippen LogP contribution in [-0.4, -0.2) is 48.8 Å². The fourth-order valence-electron chi connectivity index (χ4n) is 4.19. The molecule has 2 heterocycles. The molecular weight excluding hydrogens is 440 g/mol. The van der Waals surface area contributed by atoms with Gasteiger partial charge in [-0.05, 0) is 50.3 Å². The molecule has 33 heavy (non-hydrogen) atoms. The molecule has 1 saturated heterocycles. The first-order valence-electron chi connectivity index (χ1n) is 11.7. The topological polar surface area (TPSA) is 76.6 Å². The molecular formula is C25H35ClN4O3. The van der Waals surface area contributed by atoms with Gasteiger partial charge in [0.25, 0.3) is 0 Å². The van der Waals surface area contributed by atoms with E-state index in [1.165, 1.54) is 6.92 Å². The van der Waals surface area contributed by atoms with Crippen LogP contribution in [0.2, 0.25) is 5.02 Å². The Hall–Kier alpha value is -2.38. The molecule has 8 heteroatoms. The van der Waals surface area contributed by atoms with Crippen LogP contribution in [0.15, 0.2) is 30.5 Å². The first-order valence-corrected chi connectivity index (χ1v) is 12.0. The Morgan fingerprint density at radius 3 is 2.76 bits per heavy atom. The predicted molar refractivity (Wildman–Crippen MR) is 131 cm³/mol. The van der Waals surface area contributed by atoms with Crippen molar-refractivity contribution in [2.75, 3.05) is 31.8 Å². The van der Waals surface area contributed by atoms with Crippen LogP contribution in [0, 0.1) is 0 Å². The number of halogens is 1. The lowest BCUT2D eigenvalue weighted by atomic mass is 10.1. The van der Waals surface area contributed by atoms with E-state index in [9.17, 15) is 4.79 Å². The average molecular weight is 475 g/mol. The highest BCUT2D eigenvalue weighted by atomic mass is 35.5. The Balaban J connectivity index is 1.63. The first kappa shape index (κ1) is 25.2. The van der Waals surface area contributed by atoms with Crippen LogP contribution in [0.5, 0.6) is 5.75 Å². The van der Waals surface area contributed by atoms with Crippen molar-refractivity contribution in [1.29, 1.82) is 0 Å². The van der Waals surface area contributed by atoms with E-state index in [4.69, 9.17) is 26.1 Å². The van der Waals surface area contributed by atoms with E-state index in [1.807, 2.05) is 31.2 Å². The van der Waals surface area contributed by atoms with E-state index in [1.54, 1.807) is 13.3 Å². The van der Waals surface area contributed by atoms with Gasteiger partial charge in [0.05, 0.1) is 18.3 Å². The third-order valence-corrected chi connectivity index (χ3v) is 6.33. The molecule has 0 saturated carbocycles. The van der Waals surface area contributed by atoms with E-state index < -0.39 is 0 Å². The Labute approximate surface area is 201 Å². The Morgan fingerprint density at radius 2 is 2.06 bits per heavy atom. The van der Waals surface area contributed by atoms with Crippen LogP contribution in [0.4, 0.5) is 5.82 Å². The minimum Gasteiger partial charge on any atom is -0.491 e. The van der Waals surface area contributed by atoms with Crippen molar-refractivity contribution in [3.05, 3.63) is 46.9 Å². The number of rotatable bonds is 11. The smallest absolute Gasteiger partial charge is 0.217 e. The molecule has 0 aliphatic carbocycles. The van der Waals surface area contributed by atoms with Crippen molar-refractivity contribution in [3.63, 3.8) is 0 Å². The number of ether oxygens (including phenoxy) is 2. The van der Waals surface area contributed by atoms with Gasteiger partial charge in [-0.3, -0.25) is 4.79 Å². The van der Waals surface area contributed by atoms with E-state index >= 15 is 0 Å². The molecule has 0 spiro atoms. The standard InChI is InChI=1S/C25H35ClN4O3/c1-17(7-6-14-32-4)24-27-15-23(26)25(29-24)30-13-5-8-21(30)16-33-22-11-9-20(10-12-22)18(2)28-19(3)31/h9-12,15,17-18,21H,5-8,13-14,16H2,1-4H3,(H,28,31)/t17?,18-,21?/m0/s1. The molecule has 3 rings (SSSR count). The maximum Gasteiger partial charge on any atom is 0.217 e. The maximum absolute atomic E-state index is 11.3. The zero-order valence-corrected chi connectivity index (χ0v) is 20.8. The first-order chi connectivity index (χ1) is 15.9. The van der Waals surface area contributed by atoms with Crippen molar-refractivity contribution in [3.8, 4) is 5.75 Å². The van der Waals surface area contributed by atoms with Crippen molar-refractivity contribution in [2.45, 2.75) is 64.5 Å². The summed E-state index contributed by atoms with van der Waals surface area (Å²) in [7, 11) is 1.72. The molecule has 2 unspecified atom stereocenters. The highest BCUT2D eigenvalue weighted by Gasteiger charge is 2.29. The molecule has 1 aromatic heterocycles. The molecule has 2 aromatic rings. The van der Waals surface area contributed by atoms with Gasteiger partial charge in [-0.15, -0.1) is 0 Å². The van der Waals surface area contributed by atoms with Crippen molar-refractivity contribution in [1.82, 2.24) is 15.3 Å². The summed E-state index contributed by atoms with van der Waals surface area (Å²) < 4.78 is 11.3. The number of anilines is 1. The van der Waals surface area contributed by atoms with Crippen LogP contribution in [0.25, 0.3) is 0 Å². The Kier molecular flexibility index (Phi) is 9.32. The molecule has 180 valence electrons. The van der Waals surface area contributed by atoms with E-state index in [0.717, 1.165) is 61.8 Å². The summed E-state index contributed by atoms with van der Waals surface area (Å²) in [6.45, 7) is 7.82. The molecule has 1 aliphatic rings. The number of aromatic nitrogens is 2. The summed E-state index contributed by atoms with van der Waals surface area (Å²) in [6, 6.07) is 8.04. The number of amides is 1. The van der Waals surface area contributed by atoms with Gasteiger partial charge in [0.1, 0.15) is 23.2 Å². The van der Waals surface area contributed by atoms with E-state index in [2.05, 4.69) is 22.1 Å². The van der Waals surface area contributed by atoms with Crippen molar-refractivity contribution in [2.24, 2.45) is 0 Å². The van der Waals surface area contributed by atoms with Crippen molar-refractivity contribution < 1.29 is 14.3 Å². The normalized spacial score (nSPS) is 17.6. The lowest BCUT2D eigenvalue weighted by Gasteiger charge is -2.27. The lowest BCUT2D eigenvalue weighted by Crippen LogP contribution is -2.35. The number of carbonyl (C=O) groups excluding carboxylic acids is 1. The Bertz CT molecular complexity index is 909. The molecule has 1 N–H and O–H groups in total. The predicted octanol–water partition coefficient (Wildman–Crippen LogP) is 4.91. The molecule has 1 aliphatic heterocycles. The monoisotopic (exact) mass is 474 g/mol. The summed E-state index contributed by atoms with van der Waals surface area (Å²) >= 11 is 6.52. The van der Waals surface area contributed by atoms with Crippen molar-refractivity contribution >= 4 is 23.3 Å². The van der Waals surface area contributed by atoms with Gasteiger partial charge in [-0.1, -0.05) is 30.7 Å². The lowest BCUT2D eigenvalue weighted by molar-refractivity contribution is -0.119. The molecule has 0 bridgehead atoms. The number of hydrogen-bond donors (Lipinski definition) is 1. The highest BCUT2D eigenvalue weighted by molar-refractivity contribution is 6.32. The number of nitrogens with one attached hydrogen (secondary N) is 1. The molecule has 7 nitrogen and oxygen atoms in total. The number of methoxy groups -OCH3 is 1. The molecule has 0 radical (unpaired) electrons. The van der Waals surface area contributed by atoms with Crippen LogP contribution in [0.1, 0.15) is 69.8 Å². The van der Waals surface area contributed by atoms with Crippen LogP contribution >= 0.6 is 11.6 Å². The number of benzene rings is 1. The van der Waals surface area contributed by atoms with Crippen LogP contribution in [-0.2, 0) is 9.53 Å². The summed E-state index contributed by atoms with van der Waals surface area (Å²) in [5.41, 5.74) is 1.04. The highest BCUT2D eigenvalue weighted by Crippen LogP contribution is 2.32. The number of nitrogens with zero attached hydrogens (tertiary/aromatic N) is 3. The zero-order chi connectivity index (χ0) is 23.8. The molecule has 3 atom stereocenters. The number of carbonyl (C=O) groups is 1. The third-order valence-electron chi connectivity index (χ3n) is 6.06. The van der Waals surface area contributed by atoms with Gasteiger partial charge in [0.15, 0.2) is 5.82 Å². The fourth-order valence-corrected chi connectivity index (χ4v) is 4.39. The molecule has 1 fully saturated rings. The van der Waals surface area contributed by atoms with Gasteiger partial charge in [0.2, 0.25) is 5.91 Å². The van der Waals surface area contributed by atoms with Gasteiger partial charge in [0, 0.05) is 33.1 Å². The largest absolute Gasteiger partial charge is 0.491 e. The summed E-state index contributed by atoms with van der Waals surface area (Å²) in [6.07, 6.45) is 5.76. The van der Waals surface area contributed by atoms with E-state index in [0.29, 0.717) is 11.6 Å². The summed E-state index contributed by atoms with van der Waals surface area (Å²) in [5.74, 6) is 2.63. The van der Waals surface area contributed by atoms with Crippen LogP contribution < -0.4 is 15.0 Å². The Morgan fingerprint density at radius 1 is 1.30 bits per heavy atom. The summed E-state index contributed by atoms with van der Waals surface area (Å²) in [5, 5.41) is 3.47. The minimum atomic E-state index is -0.0416. The second-order valence-corrected chi connectivity index (χ2v) is 9.13. The van der Waals surface area contributed by atoms with Gasteiger partial charge >= 0.3 is 0 Å². The minimum absolute atomic E-state index is 0.0344. The molecule has 1 amide bonds. The molecule has 1 aromatic carbocycles. The summed E-state index contributed by atoms with van der Waals surface area (Å²) in [4.78, 5) is 22.8.